The van der Waals surface area contributed by atoms with Gasteiger partial charge in [-0.3, -0.25) is 0 Å². The van der Waals surface area contributed by atoms with Crippen LogP contribution in [0.2, 0.25) is 0 Å². The Kier molecular flexibility index (Phi) is 4.26. The molecule has 1 saturated heterocycles. The molecule has 0 bridgehead atoms. The summed E-state index contributed by atoms with van der Waals surface area (Å²) in [5, 5.41) is 0. The molecule has 3 rings (SSSR count). The van der Waals surface area contributed by atoms with Crippen LogP contribution in [-0.4, -0.2) is 13.1 Å². The van der Waals surface area contributed by atoms with Crippen molar-refractivity contribution in [2.75, 3.05) is 23.7 Å². The van der Waals surface area contributed by atoms with Gasteiger partial charge >= 0.3 is 6.18 Å². The van der Waals surface area contributed by atoms with Gasteiger partial charge in [-0.2, -0.15) is 13.2 Å². The maximum Gasteiger partial charge on any atom is 0.422 e. The van der Waals surface area contributed by atoms with Gasteiger partial charge < -0.3 is 15.4 Å². The molecule has 2 N–H and O–H groups in total. The topological polar surface area (TPSA) is 38.5 Å². The van der Waals surface area contributed by atoms with E-state index in [9.17, 15) is 17.6 Å². The van der Waals surface area contributed by atoms with Gasteiger partial charge in [-0.05, 0) is 37.1 Å². The third kappa shape index (κ3) is 3.11. The van der Waals surface area contributed by atoms with E-state index >= 15 is 0 Å². The minimum absolute atomic E-state index is 0.0325. The van der Waals surface area contributed by atoms with Crippen LogP contribution in [0.25, 0.3) is 0 Å². The normalized spacial score (nSPS) is 14.9. The van der Waals surface area contributed by atoms with Crippen LogP contribution in [-0.2, 0) is 6.18 Å². The second-order valence-electron chi connectivity index (χ2n) is 5.60. The van der Waals surface area contributed by atoms with Crippen molar-refractivity contribution < 1.29 is 22.3 Å². The summed E-state index contributed by atoms with van der Waals surface area (Å²) in [5.74, 6) is -1.45. The van der Waals surface area contributed by atoms with E-state index in [1.165, 1.54) is 24.3 Å². The van der Waals surface area contributed by atoms with Crippen molar-refractivity contribution in [3.8, 4) is 11.5 Å². The lowest BCUT2D eigenvalue weighted by atomic mass is 10.1. The van der Waals surface area contributed by atoms with Crippen molar-refractivity contribution in [1.29, 1.82) is 0 Å². The van der Waals surface area contributed by atoms with Crippen molar-refractivity contribution in [3.63, 3.8) is 0 Å². The molecule has 7 heteroatoms. The van der Waals surface area contributed by atoms with Gasteiger partial charge in [0.1, 0.15) is 11.3 Å². The van der Waals surface area contributed by atoms with Gasteiger partial charge in [0.25, 0.3) is 0 Å². The Labute approximate surface area is 136 Å². The van der Waals surface area contributed by atoms with Crippen molar-refractivity contribution in [3.05, 3.63) is 47.8 Å². The fourth-order valence-electron chi connectivity index (χ4n) is 2.88. The number of nitrogens with two attached hydrogens (primary N) is 1. The Morgan fingerprint density at radius 3 is 2.25 bits per heavy atom. The second-order valence-corrected chi connectivity index (χ2v) is 5.60. The minimum Gasteiger partial charge on any atom is -0.454 e. The Morgan fingerprint density at radius 2 is 1.62 bits per heavy atom. The van der Waals surface area contributed by atoms with Crippen molar-refractivity contribution in [1.82, 2.24) is 0 Å². The molecule has 0 unspecified atom stereocenters. The molecular weight excluding hydrogens is 324 g/mol. The van der Waals surface area contributed by atoms with E-state index in [-0.39, 0.29) is 17.1 Å². The summed E-state index contributed by atoms with van der Waals surface area (Å²) in [7, 11) is 0. The first-order chi connectivity index (χ1) is 11.4. The van der Waals surface area contributed by atoms with Crippen molar-refractivity contribution in [2.45, 2.75) is 19.0 Å². The summed E-state index contributed by atoms with van der Waals surface area (Å²) in [6, 6.07) is 7.82. The maximum absolute atomic E-state index is 13.7. The smallest absolute Gasteiger partial charge is 0.422 e. The van der Waals surface area contributed by atoms with Crippen LogP contribution in [0.4, 0.5) is 28.9 Å². The van der Waals surface area contributed by atoms with Crippen LogP contribution in [0.5, 0.6) is 11.5 Å². The molecule has 3 nitrogen and oxygen atoms in total. The van der Waals surface area contributed by atoms with Crippen LogP contribution >= 0.6 is 0 Å². The SMILES string of the molecule is Nc1ccc(Oc2ccccc2F)c(C(F)(F)F)c1N1CCCC1. The minimum atomic E-state index is -4.67. The van der Waals surface area contributed by atoms with E-state index < -0.39 is 23.3 Å². The van der Waals surface area contributed by atoms with E-state index in [0.29, 0.717) is 13.1 Å². The molecule has 0 atom stereocenters. The van der Waals surface area contributed by atoms with Crippen LogP contribution in [0.1, 0.15) is 18.4 Å². The highest BCUT2D eigenvalue weighted by Gasteiger charge is 2.40. The predicted molar refractivity (Wildman–Crippen MR) is 83.8 cm³/mol. The molecule has 0 spiro atoms. The zero-order valence-electron chi connectivity index (χ0n) is 12.7. The largest absolute Gasteiger partial charge is 0.454 e. The van der Waals surface area contributed by atoms with Gasteiger partial charge in [0.2, 0.25) is 0 Å². The Balaban J connectivity index is 2.12. The van der Waals surface area contributed by atoms with E-state index in [1.54, 1.807) is 4.90 Å². The summed E-state index contributed by atoms with van der Waals surface area (Å²) >= 11 is 0. The number of hydrogen-bond acceptors (Lipinski definition) is 3. The molecule has 0 aliphatic carbocycles. The first-order valence-corrected chi connectivity index (χ1v) is 7.55. The van der Waals surface area contributed by atoms with Gasteiger partial charge in [-0.15, -0.1) is 0 Å². The number of rotatable bonds is 3. The maximum atomic E-state index is 13.7. The summed E-state index contributed by atoms with van der Waals surface area (Å²) in [5.41, 5.74) is 4.80. The van der Waals surface area contributed by atoms with Gasteiger partial charge in [-0.1, -0.05) is 12.1 Å². The molecule has 24 heavy (non-hydrogen) atoms. The third-order valence-electron chi connectivity index (χ3n) is 3.93. The number of benzene rings is 2. The lowest BCUT2D eigenvalue weighted by Crippen LogP contribution is -2.24. The molecule has 128 valence electrons. The highest BCUT2D eigenvalue weighted by molar-refractivity contribution is 5.76. The van der Waals surface area contributed by atoms with E-state index in [1.807, 2.05) is 0 Å². The van der Waals surface area contributed by atoms with Crippen LogP contribution in [0.15, 0.2) is 36.4 Å². The standard InChI is InChI=1S/C17H16F4N2O/c18-11-5-1-2-6-13(11)24-14-8-7-12(22)16(15(14)17(19,20)21)23-9-3-4-10-23/h1-2,5-8H,3-4,9-10,22H2. The molecule has 0 aromatic heterocycles. The number of anilines is 2. The summed E-state index contributed by atoms with van der Waals surface area (Å²) in [6.07, 6.45) is -3.07. The Bertz CT molecular complexity index is 740. The van der Waals surface area contributed by atoms with Gasteiger partial charge in [-0.25, -0.2) is 4.39 Å². The molecule has 2 aromatic carbocycles. The molecule has 1 aliphatic rings. The number of hydrogen-bond donors (Lipinski definition) is 1. The number of nitrogens with zero attached hydrogens (tertiary/aromatic N) is 1. The predicted octanol–water partition coefficient (Wildman–Crippen LogP) is 4.82. The van der Waals surface area contributed by atoms with Gasteiger partial charge in [0.05, 0.1) is 11.4 Å². The molecule has 1 aliphatic heterocycles. The molecular formula is C17H16F4N2O. The zero-order chi connectivity index (χ0) is 17.3. The average molecular weight is 340 g/mol. The second kappa shape index (κ2) is 6.22. The third-order valence-corrected chi connectivity index (χ3v) is 3.93. The van der Waals surface area contributed by atoms with Crippen LogP contribution in [0, 0.1) is 5.82 Å². The number of ether oxygens (including phenoxy) is 1. The van der Waals surface area contributed by atoms with E-state index in [4.69, 9.17) is 10.5 Å². The lowest BCUT2D eigenvalue weighted by Gasteiger charge is -2.26. The average Bonchev–Trinajstić information content (AvgIpc) is 3.03. The first-order valence-electron chi connectivity index (χ1n) is 7.55. The molecule has 1 heterocycles. The molecule has 1 fully saturated rings. The van der Waals surface area contributed by atoms with Crippen LogP contribution in [0.3, 0.4) is 0 Å². The molecule has 2 aromatic rings. The number of nitrogen functional groups attached to an aromatic ring is 1. The number of para-hydroxylation sites is 1. The monoisotopic (exact) mass is 340 g/mol. The number of alkyl halides is 3. The van der Waals surface area contributed by atoms with Crippen molar-refractivity contribution in [2.24, 2.45) is 0 Å². The Morgan fingerprint density at radius 1 is 0.958 bits per heavy atom. The lowest BCUT2D eigenvalue weighted by molar-refractivity contribution is -0.138. The van der Waals surface area contributed by atoms with Gasteiger partial charge in [0.15, 0.2) is 11.6 Å². The summed E-state index contributed by atoms with van der Waals surface area (Å²) in [4.78, 5) is 1.60. The van der Waals surface area contributed by atoms with E-state index in [2.05, 4.69) is 0 Å². The fourth-order valence-corrected chi connectivity index (χ4v) is 2.88. The summed E-state index contributed by atoms with van der Waals surface area (Å²) in [6.45, 7) is 0.993. The zero-order valence-corrected chi connectivity index (χ0v) is 12.7. The highest BCUT2D eigenvalue weighted by atomic mass is 19.4. The molecule has 0 amide bonds. The highest BCUT2D eigenvalue weighted by Crippen LogP contribution is 2.47. The summed E-state index contributed by atoms with van der Waals surface area (Å²) < 4.78 is 60.1. The van der Waals surface area contributed by atoms with Crippen LogP contribution < -0.4 is 15.4 Å². The molecule has 0 radical (unpaired) electrons. The van der Waals surface area contributed by atoms with Gasteiger partial charge in [0, 0.05) is 13.1 Å². The quantitative estimate of drug-likeness (QED) is 0.643. The molecule has 0 saturated carbocycles. The first kappa shape index (κ1) is 16.4. The Hall–Kier alpha value is -2.44. The fraction of sp³-hybridized carbons (Fsp3) is 0.294. The number of halogens is 4. The van der Waals surface area contributed by atoms with Crippen molar-refractivity contribution >= 4 is 11.4 Å². The van der Waals surface area contributed by atoms with E-state index in [0.717, 1.165) is 25.0 Å².